The highest BCUT2D eigenvalue weighted by atomic mass is 79.9. The van der Waals surface area contributed by atoms with Crippen LogP contribution in [-0.2, 0) is 6.54 Å². The lowest BCUT2D eigenvalue weighted by atomic mass is 9.93. The molecular weight excluding hydrogens is 332 g/mol. The number of nitrogens with zero attached hydrogens (tertiary/aromatic N) is 3. The average molecular weight is 359 g/mol. The Kier molecular flexibility index (Phi) is 6.87. The smallest absolute Gasteiger partial charge is 0.283 e. The fourth-order valence-corrected chi connectivity index (χ4v) is 2.74. The summed E-state index contributed by atoms with van der Waals surface area (Å²) in [5.41, 5.74) is 6.62. The monoisotopic (exact) mass is 358 g/mol. The van der Waals surface area contributed by atoms with Crippen LogP contribution in [0.15, 0.2) is 15.5 Å². The quantitative estimate of drug-likeness (QED) is 0.775. The van der Waals surface area contributed by atoms with Gasteiger partial charge in [-0.15, -0.1) is 0 Å². The SMILES string of the molecule is CCCN(CC(C)(C)CN)c1cnn(CCC)c(=O)c1Br. The molecule has 0 spiro atoms. The van der Waals surface area contributed by atoms with Gasteiger partial charge in [-0.25, -0.2) is 4.68 Å². The van der Waals surface area contributed by atoms with Gasteiger partial charge in [0.2, 0.25) is 0 Å². The summed E-state index contributed by atoms with van der Waals surface area (Å²) in [4.78, 5) is 14.5. The zero-order chi connectivity index (χ0) is 16.0. The number of halogens is 1. The Hall–Kier alpha value is -0.880. The maximum Gasteiger partial charge on any atom is 0.283 e. The molecule has 2 N–H and O–H groups in total. The van der Waals surface area contributed by atoms with Crippen LogP contribution in [-0.4, -0.2) is 29.4 Å². The molecule has 0 saturated heterocycles. The fraction of sp³-hybridized carbons (Fsp3) is 0.733. The summed E-state index contributed by atoms with van der Waals surface area (Å²) in [6, 6.07) is 0. The highest BCUT2D eigenvalue weighted by molar-refractivity contribution is 9.10. The van der Waals surface area contributed by atoms with Crippen LogP contribution in [0.4, 0.5) is 5.69 Å². The van der Waals surface area contributed by atoms with Crippen molar-refractivity contribution in [3.8, 4) is 0 Å². The van der Waals surface area contributed by atoms with Gasteiger partial charge in [-0.05, 0) is 40.7 Å². The minimum atomic E-state index is -0.0685. The van der Waals surface area contributed by atoms with Gasteiger partial charge in [-0.2, -0.15) is 5.10 Å². The predicted octanol–water partition coefficient (Wildman–Crippen LogP) is 2.62. The van der Waals surface area contributed by atoms with Gasteiger partial charge in [0.25, 0.3) is 5.56 Å². The number of anilines is 1. The molecule has 6 heteroatoms. The molecule has 1 aromatic rings. The maximum atomic E-state index is 12.3. The molecule has 0 unspecified atom stereocenters. The third-order valence-electron chi connectivity index (χ3n) is 3.41. The number of aryl methyl sites for hydroxylation is 1. The Morgan fingerprint density at radius 2 is 2.05 bits per heavy atom. The van der Waals surface area contributed by atoms with Gasteiger partial charge < -0.3 is 10.6 Å². The molecule has 0 atom stereocenters. The van der Waals surface area contributed by atoms with E-state index in [0.29, 0.717) is 17.6 Å². The van der Waals surface area contributed by atoms with Crippen LogP contribution in [0.1, 0.15) is 40.5 Å². The van der Waals surface area contributed by atoms with E-state index in [1.807, 2.05) is 6.92 Å². The number of hydrogen-bond acceptors (Lipinski definition) is 4. The normalized spacial score (nSPS) is 11.7. The van der Waals surface area contributed by atoms with Gasteiger partial charge in [0.15, 0.2) is 0 Å². The Morgan fingerprint density at radius 3 is 2.57 bits per heavy atom. The third kappa shape index (κ3) is 4.81. The second kappa shape index (κ2) is 7.94. The summed E-state index contributed by atoms with van der Waals surface area (Å²) in [6.45, 7) is 11.3. The van der Waals surface area contributed by atoms with Gasteiger partial charge in [-0.3, -0.25) is 4.79 Å². The highest BCUT2D eigenvalue weighted by Crippen LogP contribution is 2.26. The van der Waals surface area contributed by atoms with Crippen molar-refractivity contribution in [1.82, 2.24) is 9.78 Å². The van der Waals surface area contributed by atoms with E-state index in [4.69, 9.17) is 5.73 Å². The molecule has 0 aliphatic heterocycles. The molecule has 0 fully saturated rings. The molecule has 1 rings (SSSR count). The Labute approximate surface area is 135 Å². The van der Waals surface area contributed by atoms with Crippen LogP contribution in [0.25, 0.3) is 0 Å². The largest absolute Gasteiger partial charge is 0.369 e. The lowest BCUT2D eigenvalue weighted by Crippen LogP contribution is -2.40. The molecular formula is C15H27BrN4O. The van der Waals surface area contributed by atoms with E-state index in [0.717, 1.165) is 31.6 Å². The van der Waals surface area contributed by atoms with Gasteiger partial charge >= 0.3 is 0 Å². The van der Waals surface area contributed by atoms with Crippen molar-refractivity contribution >= 4 is 21.6 Å². The second-order valence-electron chi connectivity index (χ2n) is 6.16. The van der Waals surface area contributed by atoms with E-state index < -0.39 is 0 Å². The van der Waals surface area contributed by atoms with E-state index in [2.05, 4.69) is 46.7 Å². The molecule has 0 aromatic carbocycles. The first-order valence-electron chi connectivity index (χ1n) is 7.57. The molecule has 21 heavy (non-hydrogen) atoms. The van der Waals surface area contributed by atoms with Crippen molar-refractivity contribution in [3.63, 3.8) is 0 Å². The zero-order valence-corrected chi connectivity index (χ0v) is 15.1. The molecule has 1 aromatic heterocycles. The molecule has 0 bridgehead atoms. The van der Waals surface area contributed by atoms with Crippen molar-refractivity contribution in [2.45, 2.75) is 47.1 Å². The summed E-state index contributed by atoms with van der Waals surface area (Å²) in [6.07, 6.45) is 3.67. The summed E-state index contributed by atoms with van der Waals surface area (Å²) in [5.74, 6) is 0. The number of rotatable bonds is 8. The fourth-order valence-electron chi connectivity index (χ4n) is 2.18. The Bertz CT molecular complexity index is 513. The van der Waals surface area contributed by atoms with Gasteiger partial charge in [0, 0.05) is 19.6 Å². The number of hydrogen-bond donors (Lipinski definition) is 1. The molecule has 5 nitrogen and oxygen atoms in total. The van der Waals surface area contributed by atoms with Crippen LogP contribution >= 0.6 is 15.9 Å². The highest BCUT2D eigenvalue weighted by Gasteiger charge is 2.23. The minimum Gasteiger partial charge on any atom is -0.369 e. The van der Waals surface area contributed by atoms with Crippen LogP contribution in [0.5, 0.6) is 0 Å². The average Bonchev–Trinajstić information content (AvgIpc) is 2.44. The van der Waals surface area contributed by atoms with Gasteiger partial charge in [0.05, 0.1) is 11.9 Å². The van der Waals surface area contributed by atoms with Crippen LogP contribution < -0.4 is 16.2 Å². The zero-order valence-electron chi connectivity index (χ0n) is 13.5. The Morgan fingerprint density at radius 1 is 1.38 bits per heavy atom. The van der Waals surface area contributed by atoms with Crippen LogP contribution in [0.2, 0.25) is 0 Å². The van der Waals surface area contributed by atoms with Gasteiger partial charge in [0.1, 0.15) is 4.47 Å². The second-order valence-corrected chi connectivity index (χ2v) is 6.95. The predicted molar refractivity (Wildman–Crippen MR) is 91.8 cm³/mol. The first-order chi connectivity index (χ1) is 9.86. The van der Waals surface area contributed by atoms with Crippen molar-refractivity contribution < 1.29 is 0 Å². The van der Waals surface area contributed by atoms with Crippen molar-refractivity contribution in [1.29, 1.82) is 0 Å². The van der Waals surface area contributed by atoms with Gasteiger partial charge in [-0.1, -0.05) is 27.7 Å². The summed E-state index contributed by atoms with van der Waals surface area (Å²) >= 11 is 3.45. The molecule has 120 valence electrons. The number of nitrogens with two attached hydrogens (primary N) is 1. The van der Waals surface area contributed by atoms with E-state index in [1.54, 1.807) is 6.20 Å². The maximum absolute atomic E-state index is 12.3. The molecule has 0 aliphatic rings. The molecule has 0 aliphatic carbocycles. The van der Waals surface area contributed by atoms with Crippen LogP contribution in [0.3, 0.4) is 0 Å². The van der Waals surface area contributed by atoms with Crippen molar-refractivity contribution in [2.75, 3.05) is 24.5 Å². The van der Waals surface area contributed by atoms with Crippen molar-refractivity contribution in [3.05, 3.63) is 21.0 Å². The first kappa shape index (κ1) is 18.2. The molecule has 0 saturated carbocycles. The topological polar surface area (TPSA) is 64.2 Å². The Balaban J connectivity index is 3.14. The van der Waals surface area contributed by atoms with E-state index in [1.165, 1.54) is 4.68 Å². The molecule has 1 heterocycles. The van der Waals surface area contributed by atoms with E-state index in [9.17, 15) is 4.79 Å². The van der Waals surface area contributed by atoms with Crippen LogP contribution in [0, 0.1) is 5.41 Å². The standard InChI is InChI=1S/C15H27BrN4O/c1-5-7-19(11-15(3,4)10-17)12-9-18-20(8-6-2)14(21)13(12)16/h9H,5-8,10-11,17H2,1-4H3. The summed E-state index contributed by atoms with van der Waals surface area (Å²) in [7, 11) is 0. The third-order valence-corrected chi connectivity index (χ3v) is 4.15. The lowest BCUT2D eigenvalue weighted by molar-refractivity contribution is 0.377. The minimum absolute atomic E-state index is 0.00705. The van der Waals surface area contributed by atoms with E-state index in [-0.39, 0.29) is 11.0 Å². The van der Waals surface area contributed by atoms with Crippen molar-refractivity contribution in [2.24, 2.45) is 11.1 Å². The molecule has 0 amide bonds. The molecule has 0 radical (unpaired) electrons. The summed E-state index contributed by atoms with van der Waals surface area (Å²) < 4.78 is 2.10. The first-order valence-corrected chi connectivity index (χ1v) is 8.36. The number of aromatic nitrogens is 2. The summed E-state index contributed by atoms with van der Waals surface area (Å²) in [5, 5.41) is 4.29. The lowest BCUT2D eigenvalue weighted by Gasteiger charge is -2.33. The van der Waals surface area contributed by atoms with E-state index >= 15 is 0 Å².